The van der Waals surface area contributed by atoms with Crippen LogP contribution >= 0.6 is 0 Å². The van der Waals surface area contributed by atoms with E-state index in [1.807, 2.05) is 0 Å². The van der Waals surface area contributed by atoms with Crippen LogP contribution in [0.3, 0.4) is 0 Å². The largest absolute Gasteiger partial charge is 0.388 e. The molecule has 3 fully saturated rings. The average Bonchev–Trinajstić information content (AvgIpc) is 2.79. The number of rotatable bonds is 6. The highest BCUT2D eigenvalue weighted by Gasteiger charge is 2.48. The molecule has 3 aliphatic heterocycles. The van der Waals surface area contributed by atoms with E-state index in [0.29, 0.717) is 0 Å². The summed E-state index contributed by atoms with van der Waals surface area (Å²) >= 11 is 0. The smallest absolute Gasteiger partial charge is 0.186 e. The summed E-state index contributed by atoms with van der Waals surface area (Å²) in [4.78, 5) is 0. The Morgan fingerprint density at radius 3 is 1.45 bits per heavy atom. The highest BCUT2D eigenvalue weighted by Crippen LogP contribution is 2.27. The van der Waals surface area contributed by atoms with Crippen LogP contribution in [0.5, 0.6) is 0 Å². The number of hydrogen-bond acceptors (Lipinski definition) is 15. The van der Waals surface area contributed by atoms with Crippen molar-refractivity contribution in [3.8, 4) is 0 Å². The molecule has 3 saturated heterocycles. The standard InChI is InChI=1S/C18H32O15/c1-4-7(19)10(22)14(26)17(31-4)29-3-6-9(21)12(24)15(27)18(33-6)30-2-5-8(20)11(23)13(25)16(28)32-5/h4-28H,2-3H2,1H3/t4-,5+,6+,7+,8+,9-,10+,11-,12-,13+,14-,15+,16?,17?,18?/m0/s1. The van der Waals surface area contributed by atoms with Crippen molar-refractivity contribution in [1.29, 1.82) is 0 Å². The van der Waals surface area contributed by atoms with Gasteiger partial charge in [-0.3, -0.25) is 0 Å². The van der Waals surface area contributed by atoms with E-state index >= 15 is 0 Å². The molecular formula is C18H32O15. The Balaban J connectivity index is 1.57. The van der Waals surface area contributed by atoms with Crippen molar-refractivity contribution in [1.82, 2.24) is 0 Å². The minimum absolute atomic E-state index is 0.492. The van der Waals surface area contributed by atoms with Crippen LogP contribution in [0.4, 0.5) is 0 Å². The van der Waals surface area contributed by atoms with Crippen LogP contribution in [0.25, 0.3) is 0 Å². The molecule has 33 heavy (non-hydrogen) atoms. The first-order valence-corrected chi connectivity index (χ1v) is 10.4. The van der Waals surface area contributed by atoms with Gasteiger partial charge in [0.15, 0.2) is 18.9 Å². The minimum Gasteiger partial charge on any atom is -0.388 e. The van der Waals surface area contributed by atoms with Crippen LogP contribution in [-0.4, -0.2) is 156 Å². The Kier molecular flexibility index (Phi) is 8.99. The van der Waals surface area contributed by atoms with Gasteiger partial charge < -0.3 is 74.7 Å². The molecule has 0 bridgehead atoms. The Bertz CT molecular complexity index is 576. The molecule has 0 aliphatic carbocycles. The summed E-state index contributed by atoms with van der Waals surface area (Å²) in [5.74, 6) is 0. The first-order valence-electron chi connectivity index (χ1n) is 10.4. The molecule has 3 aliphatic rings. The molecule has 194 valence electrons. The third-order valence-electron chi connectivity index (χ3n) is 6.01. The number of aliphatic hydroxyl groups is 10. The van der Waals surface area contributed by atoms with Gasteiger partial charge in [-0.2, -0.15) is 0 Å². The molecular weight excluding hydrogens is 456 g/mol. The summed E-state index contributed by atoms with van der Waals surface area (Å²) in [6.07, 6.45) is -23.1. The Morgan fingerprint density at radius 1 is 0.485 bits per heavy atom. The van der Waals surface area contributed by atoms with Crippen molar-refractivity contribution in [2.45, 2.75) is 99.0 Å². The predicted octanol–water partition coefficient (Wildman–Crippen LogP) is -6.55. The van der Waals surface area contributed by atoms with E-state index in [4.69, 9.17) is 23.7 Å². The normalized spacial score (nSPS) is 53.7. The van der Waals surface area contributed by atoms with Gasteiger partial charge in [0.1, 0.15) is 67.1 Å². The fourth-order valence-electron chi connectivity index (χ4n) is 3.79. The maximum Gasteiger partial charge on any atom is 0.186 e. The predicted molar refractivity (Wildman–Crippen MR) is 99.8 cm³/mol. The zero-order valence-corrected chi connectivity index (χ0v) is 17.6. The van der Waals surface area contributed by atoms with Gasteiger partial charge in [0.25, 0.3) is 0 Å². The second kappa shape index (κ2) is 11.0. The summed E-state index contributed by atoms with van der Waals surface area (Å²) in [6.45, 7) is 0.404. The third kappa shape index (κ3) is 5.64. The topological polar surface area (TPSA) is 248 Å². The Labute approximate surface area is 187 Å². The van der Waals surface area contributed by atoms with Gasteiger partial charge in [-0.25, -0.2) is 0 Å². The van der Waals surface area contributed by atoms with Crippen molar-refractivity contribution in [2.75, 3.05) is 13.2 Å². The summed E-state index contributed by atoms with van der Waals surface area (Å²) in [5.41, 5.74) is 0. The molecule has 0 spiro atoms. The number of hydrogen-bond donors (Lipinski definition) is 10. The van der Waals surface area contributed by atoms with Crippen LogP contribution in [0.1, 0.15) is 6.92 Å². The molecule has 0 aromatic heterocycles. The first-order chi connectivity index (χ1) is 15.4. The molecule has 3 rings (SSSR count). The lowest BCUT2D eigenvalue weighted by Crippen LogP contribution is -2.62. The van der Waals surface area contributed by atoms with Crippen molar-refractivity contribution in [3.05, 3.63) is 0 Å². The molecule has 15 atom stereocenters. The number of aliphatic hydroxyl groups excluding tert-OH is 10. The van der Waals surface area contributed by atoms with E-state index in [1.54, 1.807) is 0 Å². The molecule has 3 unspecified atom stereocenters. The maximum absolute atomic E-state index is 10.2. The molecule has 10 N–H and O–H groups in total. The second-order valence-corrected chi connectivity index (χ2v) is 8.40. The Morgan fingerprint density at radius 2 is 0.909 bits per heavy atom. The fourth-order valence-corrected chi connectivity index (χ4v) is 3.79. The monoisotopic (exact) mass is 488 g/mol. The van der Waals surface area contributed by atoms with E-state index in [0.717, 1.165) is 0 Å². The quantitative estimate of drug-likeness (QED) is 0.167. The van der Waals surface area contributed by atoms with Gasteiger partial charge in [-0.1, -0.05) is 0 Å². The molecule has 0 saturated carbocycles. The third-order valence-corrected chi connectivity index (χ3v) is 6.01. The zero-order valence-electron chi connectivity index (χ0n) is 17.6. The lowest BCUT2D eigenvalue weighted by molar-refractivity contribution is -0.338. The molecule has 0 aromatic carbocycles. The maximum atomic E-state index is 10.2. The van der Waals surface area contributed by atoms with Gasteiger partial charge in [0.2, 0.25) is 0 Å². The first kappa shape index (κ1) is 27.0. The van der Waals surface area contributed by atoms with Crippen molar-refractivity contribution in [2.24, 2.45) is 0 Å². The van der Waals surface area contributed by atoms with Gasteiger partial charge in [-0.05, 0) is 6.92 Å². The molecule has 15 heteroatoms. The molecule has 15 nitrogen and oxygen atoms in total. The van der Waals surface area contributed by atoms with E-state index in [1.165, 1.54) is 6.92 Å². The summed E-state index contributed by atoms with van der Waals surface area (Å²) in [5, 5.41) is 98.9. The minimum atomic E-state index is -1.80. The fraction of sp³-hybridized carbons (Fsp3) is 1.00. The van der Waals surface area contributed by atoms with E-state index in [2.05, 4.69) is 0 Å². The summed E-state index contributed by atoms with van der Waals surface area (Å²) in [7, 11) is 0. The van der Waals surface area contributed by atoms with Crippen molar-refractivity contribution in [3.63, 3.8) is 0 Å². The van der Waals surface area contributed by atoms with Crippen LogP contribution in [0, 0.1) is 0 Å². The molecule has 0 aromatic rings. The van der Waals surface area contributed by atoms with E-state index < -0.39 is 105 Å². The van der Waals surface area contributed by atoms with Gasteiger partial charge >= 0.3 is 0 Å². The van der Waals surface area contributed by atoms with Crippen LogP contribution in [0.15, 0.2) is 0 Å². The number of ether oxygens (including phenoxy) is 5. The van der Waals surface area contributed by atoms with Gasteiger partial charge in [-0.15, -0.1) is 0 Å². The molecule has 0 amide bonds. The van der Waals surface area contributed by atoms with E-state index in [-0.39, 0.29) is 0 Å². The van der Waals surface area contributed by atoms with Crippen LogP contribution < -0.4 is 0 Å². The second-order valence-electron chi connectivity index (χ2n) is 8.40. The molecule has 0 radical (unpaired) electrons. The van der Waals surface area contributed by atoms with Gasteiger partial charge in [0.05, 0.1) is 19.3 Å². The zero-order chi connectivity index (χ0) is 24.6. The molecule has 3 heterocycles. The van der Waals surface area contributed by atoms with Gasteiger partial charge in [0, 0.05) is 0 Å². The SMILES string of the molecule is C[C@@H]1OC(OC[C@H]2OC(OC[C@H]3OC(O)[C@H](O)[C@@H](O)[C@@H]3O)[C@H](O)[C@@H](O)[C@H]2O)[C@@H](O)[C@H](O)[C@@H]1O. The Hall–Kier alpha value is -0.600. The van der Waals surface area contributed by atoms with Crippen molar-refractivity contribution >= 4 is 0 Å². The summed E-state index contributed by atoms with van der Waals surface area (Å²) in [6, 6.07) is 0. The highest BCUT2D eigenvalue weighted by atomic mass is 16.7. The van der Waals surface area contributed by atoms with Crippen molar-refractivity contribution < 1.29 is 74.7 Å². The van der Waals surface area contributed by atoms with Crippen LogP contribution in [-0.2, 0) is 23.7 Å². The lowest BCUT2D eigenvalue weighted by Gasteiger charge is -2.43. The summed E-state index contributed by atoms with van der Waals surface area (Å²) < 4.78 is 26.3. The van der Waals surface area contributed by atoms with Crippen LogP contribution in [0.2, 0.25) is 0 Å². The highest BCUT2D eigenvalue weighted by molar-refractivity contribution is 4.92. The lowest BCUT2D eigenvalue weighted by atomic mass is 9.98. The average molecular weight is 488 g/mol. The van der Waals surface area contributed by atoms with E-state index in [9.17, 15) is 51.1 Å².